The van der Waals surface area contributed by atoms with Gasteiger partial charge in [-0.25, -0.2) is 13.0 Å². The summed E-state index contributed by atoms with van der Waals surface area (Å²) in [6.45, 7) is 8.03. The maximum atomic E-state index is 12.8. The van der Waals surface area contributed by atoms with Crippen molar-refractivity contribution in [2.45, 2.75) is 106 Å². The first kappa shape index (κ1) is 35.3. The number of carbonyl (C=O) groups is 2. The highest BCUT2D eigenvalue weighted by molar-refractivity contribution is 7.91. The monoisotopic (exact) mass is 673 g/mol. The number of rotatable bonds is 18. The van der Waals surface area contributed by atoms with Gasteiger partial charge in [0.15, 0.2) is 0 Å². The Labute approximate surface area is 278 Å². The van der Waals surface area contributed by atoms with Crippen LogP contribution in [0.15, 0.2) is 44.9 Å². The molecule has 13 heteroatoms. The van der Waals surface area contributed by atoms with Crippen molar-refractivity contribution in [1.82, 2.24) is 25.4 Å². The van der Waals surface area contributed by atoms with Gasteiger partial charge in [-0.15, -0.1) is 0 Å². The Kier molecular flexibility index (Phi) is 13.1. The molecule has 260 valence electrons. The zero-order chi connectivity index (χ0) is 33.1. The molecule has 0 saturated carbocycles. The number of ether oxygens (including phenoxy) is 2. The smallest absolute Gasteiger partial charge is 0.306 e. The Morgan fingerprint density at radius 1 is 1.00 bits per heavy atom. The summed E-state index contributed by atoms with van der Waals surface area (Å²) in [5, 5.41) is 9.41. The number of esters is 1. The molecule has 2 aromatic rings. The zero-order valence-electron chi connectivity index (χ0n) is 27.7. The lowest BCUT2D eigenvalue weighted by Gasteiger charge is -2.57. The van der Waals surface area contributed by atoms with Gasteiger partial charge in [0.05, 0.1) is 24.5 Å². The molecule has 4 atom stereocenters. The largest absolute Gasteiger partial charge is 0.473 e. The van der Waals surface area contributed by atoms with E-state index in [1.807, 2.05) is 0 Å². The molecule has 3 fully saturated rings. The number of amides is 1. The number of sulfone groups is 1. The first-order valence-electron chi connectivity index (χ1n) is 17.5. The van der Waals surface area contributed by atoms with Crippen molar-refractivity contribution in [3.05, 3.63) is 30.3 Å². The summed E-state index contributed by atoms with van der Waals surface area (Å²) in [6.07, 6.45) is 11.4. The molecular formula is C34H51N5O7S. The van der Waals surface area contributed by atoms with Crippen LogP contribution in [-0.2, 0) is 24.2 Å². The van der Waals surface area contributed by atoms with Gasteiger partial charge in [0.25, 0.3) is 10.9 Å². The second-order valence-electron chi connectivity index (χ2n) is 13.1. The van der Waals surface area contributed by atoms with Gasteiger partial charge in [0.2, 0.25) is 15.7 Å². The fourth-order valence-electron chi connectivity index (χ4n) is 7.72. The van der Waals surface area contributed by atoms with E-state index in [-0.39, 0.29) is 48.6 Å². The van der Waals surface area contributed by atoms with Gasteiger partial charge >= 0.3 is 5.97 Å². The average molecular weight is 674 g/mol. The number of likely N-dealkylation sites (tertiary alicyclic amines) is 1. The van der Waals surface area contributed by atoms with Crippen LogP contribution in [0.25, 0.3) is 0 Å². The van der Waals surface area contributed by atoms with Crippen molar-refractivity contribution in [2.75, 3.05) is 45.9 Å². The average Bonchev–Trinajstić information content (AvgIpc) is 3.57. The second-order valence-corrected chi connectivity index (χ2v) is 15.0. The molecule has 1 unspecified atom stereocenters. The highest BCUT2D eigenvalue weighted by atomic mass is 32.2. The lowest BCUT2D eigenvalue weighted by molar-refractivity contribution is -0.145. The number of hydrogen-bond donors (Lipinski definition) is 1. The lowest BCUT2D eigenvalue weighted by atomic mass is 9.69. The Morgan fingerprint density at radius 3 is 2.62 bits per heavy atom. The fourth-order valence-corrected chi connectivity index (χ4v) is 8.92. The molecule has 47 heavy (non-hydrogen) atoms. The third-order valence-corrected chi connectivity index (χ3v) is 11.6. The van der Waals surface area contributed by atoms with E-state index in [9.17, 15) is 18.0 Å². The molecule has 5 rings (SSSR count). The van der Waals surface area contributed by atoms with Gasteiger partial charge in [-0.3, -0.25) is 19.4 Å². The first-order chi connectivity index (χ1) is 22.9. The highest BCUT2D eigenvalue weighted by Gasteiger charge is 2.47. The molecule has 0 bridgehead atoms. The number of nitrogens with zero attached hydrogens (tertiary/aromatic N) is 4. The summed E-state index contributed by atoms with van der Waals surface area (Å²) in [5.74, 6) is 0.743. The maximum Gasteiger partial charge on any atom is 0.306 e. The minimum Gasteiger partial charge on any atom is -0.473 e. The third kappa shape index (κ3) is 9.32. The molecule has 1 amide bonds. The Bertz CT molecular complexity index is 1390. The van der Waals surface area contributed by atoms with Crippen LogP contribution >= 0.6 is 0 Å². The first-order valence-corrected chi connectivity index (χ1v) is 19.0. The SMILES string of the molecule is CCCCN1C[C@H]2CCCN3CCC[C@@H](C1CCCCOC(=O)CCC(=O)NCCCOc1nonc1S(=O)(=O)c1ccccc1)[C@@H]23. The molecular weight excluding hydrogens is 622 g/mol. The Balaban J connectivity index is 0.944. The molecule has 1 N–H and O–H groups in total. The number of benzene rings is 1. The minimum atomic E-state index is -3.94. The van der Waals surface area contributed by atoms with Crippen LogP contribution < -0.4 is 10.1 Å². The number of hydrogen-bond acceptors (Lipinski definition) is 11. The summed E-state index contributed by atoms with van der Waals surface area (Å²) in [6, 6.07) is 9.22. The summed E-state index contributed by atoms with van der Waals surface area (Å²) < 4.78 is 41.1. The Hall–Kier alpha value is -3.03. The molecule has 0 aliphatic carbocycles. The molecule has 3 aliphatic rings. The van der Waals surface area contributed by atoms with Crippen LogP contribution in [0.5, 0.6) is 5.88 Å². The van der Waals surface area contributed by atoms with E-state index in [4.69, 9.17) is 9.47 Å². The zero-order valence-corrected chi connectivity index (χ0v) is 28.5. The van der Waals surface area contributed by atoms with Crippen molar-refractivity contribution in [3.8, 4) is 5.88 Å². The fraction of sp³-hybridized carbons (Fsp3) is 0.706. The predicted octanol–water partition coefficient (Wildman–Crippen LogP) is 4.26. The standard InChI is InChI=1S/C34H51N5O7S/c1-2-3-20-39-25-26-12-9-21-38-22-10-15-28(32(26)38)29(39)16-7-8-23-44-31(41)18-17-30(40)35-19-11-24-45-33-34(37-46-36-33)47(42,43)27-13-5-4-6-14-27/h4-6,13-14,26,28-29,32H,2-3,7-12,15-25H2,1H3,(H,35,40)/t26-,28+,29?,32-/m1/s1. The Morgan fingerprint density at radius 2 is 1.81 bits per heavy atom. The van der Waals surface area contributed by atoms with Crippen LogP contribution in [-0.4, -0.2) is 98.4 Å². The predicted molar refractivity (Wildman–Crippen MR) is 174 cm³/mol. The van der Waals surface area contributed by atoms with Crippen molar-refractivity contribution in [3.63, 3.8) is 0 Å². The summed E-state index contributed by atoms with van der Waals surface area (Å²) in [5.41, 5.74) is 0. The van der Waals surface area contributed by atoms with Crippen molar-refractivity contribution >= 4 is 21.7 Å². The maximum absolute atomic E-state index is 12.8. The van der Waals surface area contributed by atoms with Crippen LogP contribution in [0.1, 0.15) is 84.0 Å². The molecule has 3 saturated heterocycles. The van der Waals surface area contributed by atoms with Gasteiger partial charge in [0.1, 0.15) is 0 Å². The van der Waals surface area contributed by atoms with Crippen molar-refractivity contribution < 1.29 is 32.1 Å². The van der Waals surface area contributed by atoms with Crippen molar-refractivity contribution in [2.24, 2.45) is 11.8 Å². The number of aromatic nitrogens is 2. The summed E-state index contributed by atoms with van der Waals surface area (Å²) in [7, 11) is -3.94. The van der Waals surface area contributed by atoms with Crippen molar-refractivity contribution in [1.29, 1.82) is 0 Å². The molecule has 1 aromatic heterocycles. The number of carbonyl (C=O) groups excluding carboxylic acids is 2. The molecule has 4 heterocycles. The molecule has 3 aliphatic heterocycles. The van der Waals surface area contributed by atoms with E-state index >= 15 is 0 Å². The van der Waals surface area contributed by atoms with Crippen LogP contribution in [0.4, 0.5) is 0 Å². The number of nitrogens with one attached hydrogen (secondary N) is 1. The van der Waals surface area contributed by atoms with E-state index in [2.05, 4.69) is 37.0 Å². The van der Waals surface area contributed by atoms with Gasteiger partial charge in [0, 0.05) is 31.6 Å². The van der Waals surface area contributed by atoms with Crippen LogP contribution in [0.3, 0.4) is 0 Å². The molecule has 0 radical (unpaired) electrons. The van der Waals surface area contributed by atoms with E-state index in [1.54, 1.807) is 18.2 Å². The van der Waals surface area contributed by atoms with E-state index in [0.29, 0.717) is 19.1 Å². The summed E-state index contributed by atoms with van der Waals surface area (Å²) in [4.78, 5) is 30.2. The molecule has 1 aromatic carbocycles. The van der Waals surface area contributed by atoms with Gasteiger partial charge < -0.3 is 14.8 Å². The molecule has 0 spiro atoms. The van der Waals surface area contributed by atoms with E-state index in [0.717, 1.165) is 37.1 Å². The van der Waals surface area contributed by atoms with Gasteiger partial charge in [-0.05, 0) is 112 Å². The van der Waals surface area contributed by atoms with Gasteiger partial charge in [-0.1, -0.05) is 31.5 Å². The topological polar surface area (TPSA) is 144 Å². The number of piperidine rings is 3. The minimum absolute atomic E-state index is 0.0298. The van der Waals surface area contributed by atoms with E-state index < -0.39 is 14.9 Å². The van der Waals surface area contributed by atoms with E-state index in [1.165, 1.54) is 76.8 Å². The summed E-state index contributed by atoms with van der Waals surface area (Å²) >= 11 is 0. The molecule has 12 nitrogen and oxygen atoms in total. The normalized spacial score (nSPS) is 23.2. The van der Waals surface area contributed by atoms with Gasteiger partial charge in [-0.2, -0.15) is 0 Å². The number of unbranched alkanes of at least 4 members (excludes halogenated alkanes) is 2. The third-order valence-electron chi connectivity index (χ3n) is 9.91. The quantitative estimate of drug-likeness (QED) is 0.179. The lowest BCUT2D eigenvalue weighted by Crippen LogP contribution is -2.64. The second kappa shape index (κ2) is 17.4. The van der Waals surface area contributed by atoms with Crippen LogP contribution in [0, 0.1) is 11.8 Å². The van der Waals surface area contributed by atoms with Crippen LogP contribution in [0.2, 0.25) is 0 Å². The highest BCUT2D eigenvalue weighted by Crippen LogP contribution is 2.43.